The predicted octanol–water partition coefficient (Wildman–Crippen LogP) is 0.217. The van der Waals surface area contributed by atoms with E-state index in [0.717, 1.165) is 16.5 Å². The second kappa shape index (κ2) is 12.9. The molecule has 0 bridgehead atoms. The van der Waals surface area contributed by atoms with Gasteiger partial charge in [0.2, 0.25) is 17.7 Å². The number of aliphatic carboxylic acids is 1. The van der Waals surface area contributed by atoms with Gasteiger partial charge in [0.05, 0.1) is 12.1 Å². The molecule has 11 nitrogen and oxygen atoms in total. The summed E-state index contributed by atoms with van der Waals surface area (Å²) >= 11 is 1.53. The van der Waals surface area contributed by atoms with Gasteiger partial charge in [-0.1, -0.05) is 18.2 Å². The van der Waals surface area contributed by atoms with Crippen LogP contribution in [0.25, 0.3) is 10.9 Å². The Morgan fingerprint density at radius 3 is 2.62 bits per heavy atom. The minimum atomic E-state index is -1.35. The van der Waals surface area contributed by atoms with E-state index < -0.39 is 54.0 Å². The zero-order valence-electron chi connectivity index (χ0n) is 21.0. The fraction of sp³-hybridized carbons (Fsp3) is 0.520. The monoisotopic (exact) mass is 533 g/mol. The van der Waals surface area contributed by atoms with Crippen LogP contribution in [0.3, 0.4) is 0 Å². The molecule has 0 spiro atoms. The van der Waals surface area contributed by atoms with Gasteiger partial charge >= 0.3 is 5.97 Å². The Labute approximate surface area is 219 Å². The molecule has 1 aliphatic heterocycles. The van der Waals surface area contributed by atoms with Gasteiger partial charge in [-0.3, -0.25) is 14.4 Å². The number of para-hydroxylation sites is 1. The Hall–Kier alpha value is -3.09. The number of hydrogen-bond donors (Lipinski definition) is 6. The number of nitrogens with two attached hydrogens (primary N) is 1. The molecule has 1 aromatic carbocycles. The molecule has 5 unspecified atom stereocenters. The van der Waals surface area contributed by atoms with Crippen molar-refractivity contribution < 1.29 is 29.4 Å². The lowest BCUT2D eigenvalue weighted by molar-refractivity contribution is -0.149. The van der Waals surface area contributed by atoms with Crippen LogP contribution >= 0.6 is 11.8 Å². The smallest absolute Gasteiger partial charge is 0.326 e. The second-order valence-electron chi connectivity index (χ2n) is 9.27. The molecule has 0 saturated carbocycles. The molecule has 2 aromatic rings. The molecule has 202 valence electrons. The first-order valence-corrected chi connectivity index (χ1v) is 13.6. The van der Waals surface area contributed by atoms with Crippen molar-refractivity contribution in [2.75, 3.05) is 18.6 Å². The third kappa shape index (κ3) is 7.02. The molecule has 2 heterocycles. The van der Waals surface area contributed by atoms with Crippen molar-refractivity contribution >= 4 is 46.4 Å². The number of carboxylic acids is 1. The van der Waals surface area contributed by atoms with Crippen LogP contribution in [0.4, 0.5) is 0 Å². The van der Waals surface area contributed by atoms with Gasteiger partial charge in [0.25, 0.3) is 0 Å². The van der Waals surface area contributed by atoms with Gasteiger partial charge in [-0.15, -0.1) is 0 Å². The number of benzene rings is 1. The van der Waals surface area contributed by atoms with E-state index in [1.54, 1.807) is 6.20 Å². The van der Waals surface area contributed by atoms with Crippen LogP contribution in [0.2, 0.25) is 0 Å². The molecule has 37 heavy (non-hydrogen) atoms. The summed E-state index contributed by atoms with van der Waals surface area (Å²) in [5.41, 5.74) is 7.53. The summed E-state index contributed by atoms with van der Waals surface area (Å²) in [6.45, 7) is 1.62. The number of aromatic nitrogens is 1. The van der Waals surface area contributed by atoms with Crippen molar-refractivity contribution in [3.05, 3.63) is 36.0 Å². The van der Waals surface area contributed by atoms with E-state index in [-0.39, 0.29) is 13.0 Å². The highest BCUT2D eigenvalue weighted by Crippen LogP contribution is 2.23. The summed E-state index contributed by atoms with van der Waals surface area (Å²) in [4.78, 5) is 55.5. The van der Waals surface area contributed by atoms with Gasteiger partial charge in [-0.2, -0.15) is 11.8 Å². The lowest BCUT2D eigenvalue weighted by atomic mass is 10.0. The van der Waals surface area contributed by atoms with E-state index in [0.29, 0.717) is 25.0 Å². The average molecular weight is 534 g/mol. The molecule has 3 amide bonds. The molecule has 1 aromatic heterocycles. The largest absolute Gasteiger partial charge is 0.480 e. The Morgan fingerprint density at radius 1 is 1.22 bits per heavy atom. The van der Waals surface area contributed by atoms with Crippen LogP contribution in [0.15, 0.2) is 30.5 Å². The summed E-state index contributed by atoms with van der Waals surface area (Å²) in [6.07, 6.45) is 3.72. The third-order valence-electron chi connectivity index (χ3n) is 6.57. The summed E-state index contributed by atoms with van der Waals surface area (Å²) in [7, 11) is 0. The number of aliphatic hydroxyl groups is 1. The Balaban J connectivity index is 1.84. The molecule has 3 rings (SSSR count). The van der Waals surface area contributed by atoms with Crippen LogP contribution < -0.4 is 16.4 Å². The first-order chi connectivity index (χ1) is 17.6. The van der Waals surface area contributed by atoms with E-state index in [2.05, 4.69) is 15.6 Å². The maximum absolute atomic E-state index is 13.6. The van der Waals surface area contributed by atoms with Crippen molar-refractivity contribution in [1.82, 2.24) is 20.5 Å². The van der Waals surface area contributed by atoms with Gasteiger partial charge in [0.15, 0.2) is 0 Å². The molecule has 0 aliphatic carbocycles. The molecular weight excluding hydrogens is 498 g/mol. The fourth-order valence-corrected chi connectivity index (χ4v) is 5.00. The van der Waals surface area contributed by atoms with Gasteiger partial charge < -0.3 is 36.5 Å². The number of hydrogen-bond acceptors (Lipinski definition) is 7. The highest BCUT2D eigenvalue weighted by molar-refractivity contribution is 7.98. The number of carbonyl (C=O) groups is 4. The van der Waals surface area contributed by atoms with E-state index in [4.69, 9.17) is 5.73 Å². The maximum Gasteiger partial charge on any atom is 0.326 e. The van der Waals surface area contributed by atoms with Gasteiger partial charge in [0, 0.05) is 30.1 Å². The zero-order chi connectivity index (χ0) is 27.1. The number of H-pyrrole nitrogens is 1. The molecule has 0 radical (unpaired) electrons. The number of rotatable bonds is 12. The highest BCUT2D eigenvalue weighted by atomic mass is 32.2. The number of carbonyl (C=O) groups excluding carboxylic acids is 3. The summed E-state index contributed by atoms with van der Waals surface area (Å²) < 4.78 is 0. The average Bonchev–Trinajstić information content (AvgIpc) is 3.52. The number of amides is 3. The number of fused-ring (bicyclic) bond motifs is 1. The number of nitrogens with one attached hydrogen (secondary N) is 3. The standard InChI is InChI=1S/C25H35N5O6S/c1-14(31)21(29-22(32)17(26)9-11-37-2)23(33)28-19(24(34)30-10-5-8-20(30)25(35)36)12-15-13-27-18-7-4-3-6-16(15)18/h3-4,6-7,13-14,17,19-21,27,31H,5,8-12,26H2,1-2H3,(H,28,33)(H,29,32)(H,35,36). The molecule has 1 aliphatic rings. The first kappa shape index (κ1) is 28.5. The minimum absolute atomic E-state index is 0.0884. The molecule has 1 saturated heterocycles. The van der Waals surface area contributed by atoms with Gasteiger partial charge in [-0.25, -0.2) is 4.79 Å². The van der Waals surface area contributed by atoms with Crippen LogP contribution in [0.5, 0.6) is 0 Å². The lowest BCUT2D eigenvalue weighted by Gasteiger charge is -2.29. The number of aromatic amines is 1. The van der Waals surface area contributed by atoms with Crippen LogP contribution in [0.1, 0.15) is 31.7 Å². The quantitative estimate of drug-likeness (QED) is 0.224. The van der Waals surface area contributed by atoms with Crippen LogP contribution in [-0.2, 0) is 25.6 Å². The van der Waals surface area contributed by atoms with Crippen molar-refractivity contribution in [1.29, 1.82) is 0 Å². The fourth-order valence-electron chi connectivity index (χ4n) is 4.51. The van der Waals surface area contributed by atoms with Gasteiger partial charge in [0.1, 0.15) is 18.1 Å². The van der Waals surface area contributed by atoms with E-state index in [1.165, 1.54) is 23.6 Å². The summed E-state index contributed by atoms with van der Waals surface area (Å²) in [5.74, 6) is -2.32. The van der Waals surface area contributed by atoms with E-state index in [1.807, 2.05) is 30.5 Å². The molecule has 12 heteroatoms. The number of thioether (sulfide) groups is 1. The number of carboxylic acid groups (broad SMARTS) is 1. The predicted molar refractivity (Wildman–Crippen MR) is 141 cm³/mol. The van der Waals surface area contributed by atoms with Crippen LogP contribution in [-0.4, -0.2) is 92.6 Å². The van der Waals surface area contributed by atoms with Crippen molar-refractivity contribution in [3.63, 3.8) is 0 Å². The Bertz CT molecular complexity index is 1120. The second-order valence-corrected chi connectivity index (χ2v) is 10.3. The SMILES string of the molecule is CSCCC(N)C(=O)NC(C(=O)NC(Cc1c[nH]c2ccccc12)C(=O)N1CCCC1C(=O)O)C(C)O. The third-order valence-corrected chi connectivity index (χ3v) is 7.21. The number of likely N-dealkylation sites (tertiary alicyclic amines) is 1. The topological polar surface area (TPSA) is 178 Å². The van der Waals surface area contributed by atoms with Crippen LogP contribution in [0, 0.1) is 0 Å². The van der Waals surface area contributed by atoms with E-state index >= 15 is 0 Å². The normalized spacial score (nSPS) is 18.7. The molecule has 5 atom stereocenters. The van der Waals surface area contributed by atoms with Crippen molar-refractivity contribution in [3.8, 4) is 0 Å². The van der Waals surface area contributed by atoms with Crippen molar-refractivity contribution in [2.45, 2.75) is 62.9 Å². The molecule has 1 fully saturated rings. The Morgan fingerprint density at radius 2 is 1.95 bits per heavy atom. The number of nitrogens with zero attached hydrogens (tertiary/aromatic N) is 1. The maximum atomic E-state index is 13.6. The zero-order valence-corrected chi connectivity index (χ0v) is 21.8. The Kier molecular flexibility index (Phi) is 9.95. The van der Waals surface area contributed by atoms with Gasteiger partial charge in [-0.05, 0) is 49.8 Å². The first-order valence-electron chi connectivity index (χ1n) is 12.3. The number of aliphatic hydroxyl groups excluding tert-OH is 1. The van der Waals surface area contributed by atoms with E-state index in [9.17, 15) is 29.4 Å². The van der Waals surface area contributed by atoms with Crippen molar-refractivity contribution in [2.24, 2.45) is 5.73 Å². The highest BCUT2D eigenvalue weighted by Gasteiger charge is 2.39. The lowest BCUT2D eigenvalue weighted by Crippen LogP contribution is -2.60. The summed E-state index contributed by atoms with van der Waals surface area (Å²) in [6, 6.07) is 3.20. The summed E-state index contributed by atoms with van der Waals surface area (Å²) in [5, 5.41) is 25.9. The molecule has 7 N–H and O–H groups in total. The molecular formula is C25H35N5O6S. The minimum Gasteiger partial charge on any atom is -0.480 e.